The van der Waals surface area contributed by atoms with Crippen LogP contribution in [0.4, 0.5) is 4.39 Å². The molecule has 0 aromatic heterocycles. The number of benzene rings is 1. The van der Waals surface area contributed by atoms with E-state index in [0.717, 1.165) is 51.4 Å². The SMILES string of the molecule is CN(C(=O)C12CCC(CS(=O)(=O)c3ccc(OCC(=CF)CN)cc3)(CC1)CC2)C1CC1. The number of hydrogen-bond acceptors (Lipinski definition) is 5. The molecule has 2 N–H and O–H groups in total. The molecular weight excluding hydrogens is 431 g/mol. The normalized spacial score (nSPS) is 27.9. The van der Waals surface area contributed by atoms with Crippen LogP contribution in [0.5, 0.6) is 5.75 Å². The van der Waals surface area contributed by atoms with E-state index in [0.29, 0.717) is 23.7 Å². The standard InChI is InChI=1S/C24H33FN2O4S/c1-27(19-2-3-19)22(28)24-11-8-23(9-12-24,10-13-24)17-32(29,30)21-6-4-20(5-7-21)31-16-18(14-25)15-26/h4-7,14,19H,2-3,8-13,15-17,26H2,1H3. The van der Waals surface area contributed by atoms with Crippen molar-refractivity contribution in [1.82, 2.24) is 4.90 Å². The monoisotopic (exact) mass is 464 g/mol. The zero-order valence-electron chi connectivity index (χ0n) is 18.7. The molecule has 0 spiro atoms. The molecule has 6 nitrogen and oxygen atoms in total. The van der Waals surface area contributed by atoms with E-state index in [4.69, 9.17) is 10.5 Å². The Balaban J connectivity index is 1.38. The highest BCUT2D eigenvalue weighted by Crippen LogP contribution is 2.58. The van der Waals surface area contributed by atoms with E-state index in [9.17, 15) is 17.6 Å². The summed E-state index contributed by atoms with van der Waals surface area (Å²) in [6, 6.07) is 6.69. The summed E-state index contributed by atoms with van der Waals surface area (Å²) < 4.78 is 44.4. The molecule has 4 saturated carbocycles. The van der Waals surface area contributed by atoms with Crippen LogP contribution in [0.2, 0.25) is 0 Å². The Morgan fingerprint density at radius 1 is 1.16 bits per heavy atom. The van der Waals surface area contributed by atoms with Gasteiger partial charge in [0.1, 0.15) is 12.4 Å². The average Bonchev–Trinajstić information content (AvgIpc) is 3.65. The predicted octanol–water partition coefficient (Wildman–Crippen LogP) is 3.61. The summed E-state index contributed by atoms with van der Waals surface area (Å²) in [6.45, 7) is 0.0907. The number of ether oxygens (including phenoxy) is 1. The van der Waals surface area contributed by atoms with Crippen molar-refractivity contribution in [2.75, 3.05) is 26.0 Å². The van der Waals surface area contributed by atoms with Crippen molar-refractivity contribution in [1.29, 1.82) is 0 Å². The Morgan fingerprint density at radius 2 is 1.75 bits per heavy atom. The smallest absolute Gasteiger partial charge is 0.228 e. The van der Waals surface area contributed by atoms with Gasteiger partial charge >= 0.3 is 0 Å². The molecule has 2 bridgehead atoms. The van der Waals surface area contributed by atoms with Crippen molar-refractivity contribution in [2.24, 2.45) is 16.6 Å². The van der Waals surface area contributed by atoms with E-state index in [1.807, 2.05) is 11.9 Å². The Bertz CT molecular complexity index is 961. The van der Waals surface area contributed by atoms with Crippen LogP contribution in [-0.2, 0) is 14.6 Å². The van der Waals surface area contributed by atoms with E-state index in [-0.39, 0.29) is 40.5 Å². The number of fused-ring (bicyclic) bond motifs is 3. The lowest BCUT2D eigenvalue weighted by atomic mass is 9.54. The first-order valence-corrected chi connectivity index (χ1v) is 13.1. The largest absolute Gasteiger partial charge is 0.489 e. The van der Waals surface area contributed by atoms with Gasteiger partial charge in [0, 0.05) is 30.6 Å². The average molecular weight is 465 g/mol. The highest BCUT2D eigenvalue weighted by Gasteiger charge is 2.55. The minimum Gasteiger partial charge on any atom is -0.489 e. The maximum Gasteiger partial charge on any atom is 0.228 e. The van der Waals surface area contributed by atoms with Gasteiger partial charge in [-0.25, -0.2) is 12.8 Å². The minimum absolute atomic E-state index is 0.0264. The highest BCUT2D eigenvalue weighted by atomic mass is 32.2. The Hall–Kier alpha value is -1.93. The van der Waals surface area contributed by atoms with Gasteiger partial charge in [-0.2, -0.15) is 0 Å². The third-order valence-corrected chi connectivity index (χ3v) is 9.77. The van der Waals surface area contributed by atoms with Gasteiger partial charge < -0.3 is 15.4 Å². The van der Waals surface area contributed by atoms with Gasteiger partial charge in [-0.1, -0.05) is 0 Å². The molecule has 0 atom stereocenters. The zero-order chi connectivity index (χ0) is 23.0. The van der Waals surface area contributed by atoms with Crippen LogP contribution in [0.25, 0.3) is 0 Å². The van der Waals surface area contributed by atoms with Crippen molar-refractivity contribution < 1.29 is 22.3 Å². The Labute approximate surface area is 189 Å². The van der Waals surface area contributed by atoms with E-state index in [1.54, 1.807) is 24.3 Å². The summed E-state index contributed by atoms with van der Waals surface area (Å²) in [5.74, 6) is 0.852. The minimum atomic E-state index is -3.47. The summed E-state index contributed by atoms with van der Waals surface area (Å²) in [7, 11) is -1.54. The second kappa shape index (κ2) is 8.78. The number of hydrogen-bond donors (Lipinski definition) is 1. The molecule has 176 valence electrons. The molecule has 1 amide bonds. The van der Waals surface area contributed by atoms with Crippen LogP contribution in [0.15, 0.2) is 41.1 Å². The van der Waals surface area contributed by atoms with Crippen LogP contribution < -0.4 is 10.5 Å². The summed E-state index contributed by atoms with van der Waals surface area (Å²) in [4.78, 5) is 15.3. The van der Waals surface area contributed by atoms with Crippen LogP contribution in [-0.4, -0.2) is 51.2 Å². The van der Waals surface area contributed by atoms with Gasteiger partial charge in [-0.05, 0) is 81.0 Å². The number of nitrogens with two attached hydrogens (primary N) is 1. The first-order valence-electron chi connectivity index (χ1n) is 11.4. The second-order valence-corrected chi connectivity index (χ2v) is 11.9. The fourth-order valence-electron chi connectivity index (χ4n) is 5.34. The van der Waals surface area contributed by atoms with Crippen LogP contribution in [0.1, 0.15) is 51.4 Å². The van der Waals surface area contributed by atoms with E-state index in [1.165, 1.54) is 0 Å². The van der Waals surface area contributed by atoms with E-state index < -0.39 is 9.84 Å². The summed E-state index contributed by atoms with van der Waals surface area (Å²) >= 11 is 0. The van der Waals surface area contributed by atoms with E-state index >= 15 is 0 Å². The van der Waals surface area contributed by atoms with Crippen molar-refractivity contribution in [3.8, 4) is 5.75 Å². The fraction of sp³-hybridized carbons (Fsp3) is 0.625. The van der Waals surface area contributed by atoms with E-state index in [2.05, 4.69) is 0 Å². The van der Waals surface area contributed by atoms with Gasteiger partial charge in [-0.3, -0.25) is 4.79 Å². The molecule has 4 aliphatic rings. The molecular formula is C24H33FN2O4S. The van der Waals surface area contributed by atoms with Gasteiger partial charge in [-0.15, -0.1) is 0 Å². The van der Waals surface area contributed by atoms with Gasteiger partial charge in [0.2, 0.25) is 5.91 Å². The molecule has 1 aromatic rings. The number of carbonyl (C=O) groups excluding carboxylic acids is 1. The number of carbonyl (C=O) groups is 1. The molecule has 0 radical (unpaired) electrons. The van der Waals surface area contributed by atoms with Crippen LogP contribution >= 0.6 is 0 Å². The molecule has 4 fully saturated rings. The molecule has 8 heteroatoms. The van der Waals surface area contributed by atoms with Crippen molar-refractivity contribution in [3.05, 3.63) is 36.2 Å². The van der Waals surface area contributed by atoms with Gasteiger partial charge in [0.15, 0.2) is 9.84 Å². The summed E-state index contributed by atoms with van der Waals surface area (Å²) in [5.41, 5.74) is 5.22. The van der Waals surface area contributed by atoms with Gasteiger partial charge in [0.05, 0.1) is 17.0 Å². The molecule has 1 aromatic carbocycles. The van der Waals surface area contributed by atoms with Crippen LogP contribution in [0, 0.1) is 10.8 Å². The molecule has 0 saturated heterocycles. The summed E-state index contributed by atoms with van der Waals surface area (Å²) in [5, 5.41) is 0. The quantitative estimate of drug-likeness (QED) is 0.603. The number of nitrogens with zero attached hydrogens (tertiary/aromatic N) is 1. The number of halogens is 1. The second-order valence-electron chi connectivity index (χ2n) is 9.92. The van der Waals surface area contributed by atoms with Crippen LogP contribution in [0.3, 0.4) is 0 Å². The van der Waals surface area contributed by atoms with Gasteiger partial charge in [0.25, 0.3) is 0 Å². The molecule has 0 aliphatic heterocycles. The van der Waals surface area contributed by atoms with Crippen molar-refractivity contribution in [2.45, 2.75) is 62.3 Å². The summed E-state index contributed by atoms with van der Waals surface area (Å²) in [6.07, 6.45) is 7.36. The highest BCUT2D eigenvalue weighted by molar-refractivity contribution is 7.91. The lowest BCUT2D eigenvalue weighted by molar-refractivity contribution is -0.150. The molecule has 4 aliphatic carbocycles. The lowest BCUT2D eigenvalue weighted by Gasteiger charge is -2.53. The number of sulfone groups is 1. The fourth-order valence-corrected chi connectivity index (χ4v) is 7.30. The molecule has 32 heavy (non-hydrogen) atoms. The Morgan fingerprint density at radius 3 is 2.25 bits per heavy atom. The first-order chi connectivity index (χ1) is 15.2. The topological polar surface area (TPSA) is 89.7 Å². The molecule has 0 unspecified atom stereocenters. The molecule has 0 heterocycles. The third kappa shape index (κ3) is 4.57. The first kappa shape index (κ1) is 23.2. The zero-order valence-corrected chi connectivity index (χ0v) is 19.5. The number of rotatable bonds is 9. The van der Waals surface area contributed by atoms with Crippen molar-refractivity contribution >= 4 is 15.7 Å². The molecule has 5 rings (SSSR count). The maximum atomic E-state index is 13.2. The van der Waals surface area contributed by atoms with Crippen molar-refractivity contribution in [3.63, 3.8) is 0 Å². The predicted molar refractivity (Wildman–Crippen MR) is 121 cm³/mol. The third-order valence-electron chi connectivity index (χ3n) is 7.79. The Kier molecular flexibility index (Phi) is 6.38. The maximum absolute atomic E-state index is 13.2. The number of amides is 1. The lowest BCUT2D eigenvalue weighted by Crippen LogP contribution is -2.52.